The lowest BCUT2D eigenvalue weighted by molar-refractivity contribution is -0.384. The summed E-state index contributed by atoms with van der Waals surface area (Å²) in [7, 11) is 0. The highest BCUT2D eigenvalue weighted by Gasteiger charge is 2.59. The minimum Gasteiger partial charge on any atom is -0.466 e. The molecule has 8 nitrogen and oxygen atoms in total. The highest BCUT2D eigenvalue weighted by Crippen LogP contribution is 2.47. The van der Waals surface area contributed by atoms with Crippen molar-refractivity contribution in [1.82, 2.24) is 0 Å². The minimum absolute atomic E-state index is 0.0814. The van der Waals surface area contributed by atoms with Crippen LogP contribution in [-0.4, -0.2) is 35.1 Å². The molecule has 0 bridgehead atoms. The van der Waals surface area contributed by atoms with E-state index in [2.05, 4.69) is 5.32 Å². The molecule has 2 N–H and O–H groups in total. The molecule has 8 heteroatoms. The smallest absolute Gasteiger partial charge is 0.310 e. The Morgan fingerprint density at radius 1 is 1.32 bits per heavy atom. The normalized spacial score (nSPS) is 22.7. The molecule has 22 heavy (non-hydrogen) atoms. The van der Waals surface area contributed by atoms with Crippen LogP contribution in [0.4, 0.5) is 11.4 Å². The van der Waals surface area contributed by atoms with E-state index in [0.717, 1.165) is 0 Å². The van der Waals surface area contributed by atoms with Crippen molar-refractivity contribution in [2.45, 2.75) is 6.92 Å². The van der Waals surface area contributed by atoms with E-state index in [0.29, 0.717) is 5.69 Å². The molecule has 1 amide bonds. The largest absolute Gasteiger partial charge is 0.466 e. The molecule has 0 aliphatic heterocycles. The number of nitrogens with one attached hydrogen (secondary N) is 1. The number of aliphatic hydroxyl groups excluding tert-OH is 1. The number of non-ortho nitro benzene ring substituents is 1. The quantitative estimate of drug-likeness (QED) is 0.459. The molecular weight excluding hydrogens is 292 g/mol. The highest BCUT2D eigenvalue weighted by molar-refractivity contribution is 5.99. The van der Waals surface area contributed by atoms with Crippen molar-refractivity contribution in [2.75, 3.05) is 18.5 Å². The Morgan fingerprint density at radius 2 is 1.95 bits per heavy atom. The Morgan fingerprint density at radius 3 is 2.45 bits per heavy atom. The van der Waals surface area contributed by atoms with E-state index in [1.807, 2.05) is 0 Å². The Bertz CT molecular complexity index is 586. The van der Waals surface area contributed by atoms with E-state index in [-0.39, 0.29) is 18.9 Å². The summed E-state index contributed by atoms with van der Waals surface area (Å²) in [6.07, 6.45) is 0. The first-order chi connectivity index (χ1) is 10.5. The van der Waals surface area contributed by atoms with Crippen molar-refractivity contribution in [3.05, 3.63) is 34.4 Å². The maximum Gasteiger partial charge on any atom is 0.310 e. The fourth-order valence-electron chi connectivity index (χ4n) is 2.41. The monoisotopic (exact) mass is 308 g/mol. The number of nitro benzene ring substituents is 1. The summed E-state index contributed by atoms with van der Waals surface area (Å²) < 4.78 is 4.87. The number of nitro groups is 1. The maximum atomic E-state index is 12.1. The Labute approximate surface area is 126 Å². The average molecular weight is 308 g/mol. The fourth-order valence-corrected chi connectivity index (χ4v) is 2.41. The highest BCUT2D eigenvalue weighted by atomic mass is 16.6. The Kier molecular flexibility index (Phi) is 4.71. The van der Waals surface area contributed by atoms with E-state index in [9.17, 15) is 24.8 Å². The van der Waals surface area contributed by atoms with Gasteiger partial charge in [-0.15, -0.1) is 0 Å². The van der Waals surface area contributed by atoms with Crippen LogP contribution in [0.15, 0.2) is 24.3 Å². The zero-order chi connectivity index (χ0) is 16.3. The molecule has 0 heterocycles. The van der Waals surface area contributed by atoms with Gasteiger partial charge in [-0.25, -0.2) is 0 Å². The van der Waals surface area contributed by atoms with Gasteiger partial charge in [-0.05, 0) is 19.1 Å². The van der Waals surface area contributed by atoms with Crippen molar-refractivity contribution in [3.8, 4) is 0 Å². The number of esters is 1. The van der Waals surface area contributed by atoms with Gasteiger partial charge < -0.3 is 15.2 Å². The molecule has 0 radical (unpaired) electrons. The molecule has 1 saturated carbocycles. The molecule has 1 fully saturated rings. The number of benzene rings is 1. The van der Waals surface area contributed by atoms with E-state index in [4.69, 9.17) is 4.74 Å². The molecule has 118 valence electrons. The van der Waals surface area contributed by atoms with E-state index in [1.54, 1.807) is 6.92 Å². The number of carbonyl (C=O) groups excluding carboxylic acids is 2. The summed E-state index contributed by atoms with van der Waals surface area (Å²) in [6, 6.07) is 5.36. The van der Waals surface area contributed by atoms with Crippen LogP contribution in [0.25, 0.3) is 0 Å². The lowest BCUT2D eigenvalue weighted by Crippen LogP contribution is -2.18. The molecule has 3 atom stereocenters. The van der Waals surface area contributed by atoms with Crippen molar-refractivity contribution in [3.63, 3.8) is 0 Å². The van der Waals surface area contributed by atoms with Crippen LogP contribution in [0.5, 0.6) is 0 Å². The predicted octanol–water partition coefficient (Wildman–Crippen LogP) is 0.951. The van der Waals surface area contributed by atoms with E-state index in [1.165, 1.54) is 24.3 Å². The first kappa shape index (κ1) is 15.9. The predicted molar refractivity (Wildman–Crippen MR) is 75.9 cm³/mol. The SMILES string of the molecule is CCOC(=O)[C@@H]1[C@@H](CO)[C@H]1C(=O)Nc1ccc([N+](=O)[O-])cc1. The molecule has 2 rings (SSSR count). The van der Waals surface area contributed by atoms with Crippen LogP contribution in [0.3, 0.4) is 0 Å². The molecule has 0 saturated heterocycles. The Balaban J connectivity index is 2.00. The summed E-state index contributed by atoms with van der Waals surface area (Å²) in [4.78, 5) is 33.8. The van der Waals surface area contributed by atoms with Gasteiger partial charge in [-0.1, -0.05) is 0 Å². The number of hydrogen-bond acceptors (Lipinski definition) is 6. The van der Waals surface area contributed by atoms with Gasteiger partial charge in [0.25, 0.3) is 5.69 Å². The van der Waals surface area contributed by atoms with Crippen molar-refractivity contribution < 1.29 is 24.4 Å². The molecular formula is C14H16N2O6. The molecule has 1 aromatic carbocycles. The fraction of sp³-hybridized carbons (Fsp3) is 0.429. The van der Waals surface area contributed by atoms with Crippen molar-refractivity contribution >= 4 is 23.3 Å². The molecule has 1 aromatic rings. The number of rotatable bonds is 6. The lowest BCUT2D eigenvalue weighted by atomic mass is 10.2. The van der Waals surface area contributed by atoms with Crippen molar-refractivity contribution in [2.24, 2.45) is 17.8 Å². The summed E-state index contributed by atoms with van der Waals surface area (Å²) >= 11 is 0. The zero-order valence-electron chi connectivity index (χ0n) is 11.9. The molecule has 0 spiro atoms. The number of hydrogen-bond donors (Lipinski definition) is 2. The summed E-state index contributed by atoms with van der Waals surface area (Å²) in [5, 5.41) is 22.3. The van der Waals surface area contributed by atoms with Gasteiger partial charge in [-0.3, -0.25) is 19.7 Å². The summed E-state index contributed by atoms with van der Waals surface area (Å²) in [5.41, 5.74) is 0.309. The van der Waals surface area contributed by atoms with E-state index < -0.39 is 34.6 Å². The average Bonchev–Trinajstić information content (AvgIpc) is 3.22. The van der Waals surface area contributed by atoms with Crippen LogP contribution in [0, 0.1) is 27.9 Å². The maximum absolute atomic E-state index is 12.1. The zero-order valence-corrected chi connectivity index (χ0v) is 11.9. The first-order valence-corrected chi connectivity index (χ1v) is 6.82. The summed E-state index contributed by atoms with van der Waals surface area (Å²) in [5.74, 6) is -2.63. The minimum atomic E-state index is -0.640. The number of anilines is 1. The van der Waals surface area contributed by atoms with Crippen LogP contribution < -0.4 is 5.32 Å². The van der Waals surface area contributed by atoms with Gasteiger partial charge in [0.2, 0.25) is 5.91 Å². The second-order valence-corrected chi connectivity index (χ2v) is 4.94. The molecule has 0 aromatic heterocycles. The standard InChI is InChI=1S/C14H16N2O6/c1-2-22-14(19)12-10(7-17)11(12)13(18)15-8-3-5-9(6-4-8)16(20)21/h3-6,10-12,17H,2,7H2,1H3,(H,15,18)/t10-,11+,12+/m0/s1. The van der Waals surface area contributed by atoms with Gasteiger partial charge in [0.15, 0.2) is 0 Å². The van der Waals surface area contributed by atoms with Gasteiger partial charge in [0.1, 0.15) is 0 Å². The number of nitrogens with zero attached hydrogens (tertiary/aromatic N) is 1. The van der Waals surface area contributed by atoms with Crippen LogP contribution in [0.1, 0.15) is 6.92 Å². The van der Waals surface area contributed by atoms with Gasteiger partial charge in [0.05, 0.1) is 23.4 Å². The second kappa shape index (κ2) is 6.52. The topological polar surface area (TPSA) is 119 Å². The molecule has 1 aliphatic rings. The van der Waals surface area contributed by atoms with Gasteiger partial charge in [-0.2, -0.15) is 0 Å². The number of carbonyl (C=O) groups is 2. The number of aliphatic hydroxyl groups is 1. The lowest BCUT2D eigenvalue weighted by Gasteiger charge is -2.04. The van der Waals surface area contributed by atoms with E-state index >= 15 is 0 Å². The third-order valence-electron chi connectivity index (χ3n) is 3.59. The molecule has 0 unspecified atom stereocenters. The first-order valence-electron chi connectivity index (χ1n) is 6.82. The van der Waals surface area contributed by atoms with Gasteiger partial charge in [0, 0.05) is 30.3 Å². The van der Waals surface area contributed by atoms with Crippen LogP contribution in [0.2, 0.25) is 0 Å². The Hall–Kier alpha value is -2.48. The molecule has 1 aliphatic carbocycles. The van der Waals surface area contributed by atoms with Crippen LogP contribution in [-0.2, 0) is 14.3 Å². The van der Waals surface area contributed by atoms with Crippen LogP contribution >= 0.6 is 0 Å². The third kappa shape index (κ3) is 3.22. The van der Waals surface area contributed by atoms with Gasteiger partial charge >= 0.3 is 5.97 Å². The van der Waals surface area contributed by atoms with Crippen molar-refractivity contribution in [1.29, 1.82) is 0 Å². The third-order valence-corrected chi connectivity index (χ3v) is 3.59. The second-order valence-electron chi connectivity index (χ2n) is 4.94. The number of amides is 1. The summed E-state index contributed by atoms with van der Waals surface area (Å²) in [6.45, 7) is 1.60. The number of ether oxygens (including phenoxy) is 1.